The molecule has 0 spiro atoms. The van der Waals surface area contributed by atoms with Gasteiger partial charge in [-0.2, -0.15) is 0 Å². The molecule has 26 heavy (non-hydrogen) atoms. The highest BCUT2D eigenvalue weighted by Gasteiger charge is 2.32. The van der Waals surface area contributed by atoms with E-state index in [-0.39, 0.29) is 23.9 Å². The average Bonchev–Trinajstić information content (AvgIpc) is 2.60. The van der Waals surface area contributed by atoms with Gasteiger partial charge in [-0.15, -0.1) is 13.2 Å². The van der Waals surface area contributed by atoms with E-state index in [1.54, 1.807) is 6.07 Å². The van der Waals surface area contributed by atoms with Crippen LogP contribution in [0.25, 0.3) is 0 Å². The lowest BCUT2D eigenvalue weighted by molar-refractivity contribution is -0.274. The summed E-state index contributed by atoms with van der Waals surface area (Å²) in [6.45, 7) is 0.244. The Labute approximate surface area is 149 Å². The molecule has 0 unspecified atom stereocenters. The smallest absolute Gasteiger partial charge is 0.404 e. The van der Waals surface area contributed by atoms with Crippen molar-refractivity contribution in [2.45, 2.75) is 38.6 Å². The summed E-state index contributed by atoms with van der Waals surface area (Å²) in [7, 11) is 0. The van der Waals surface area contributed by atoms with E-state index < -0.39 is 6.36 Å². The van der Waals surface area contributed by atoms with Crippen molar-refractivity contribution in [3.8, 4) is 5.75 Å². The van der Waals surface area contributed by atoms with Crippen LogP contribution in [0.5, 0.6) is 5.75 Å². The molecule has 2 aromatic rings. The molecule has 1 aromatic carbocycles. The number of rotatable bonds is 4. The first kappa shape index (κ1) is 18.0. The van der Waals surface area contributed by atoms with Crippen molar-refractivity contribution in [2.75, 3.05) is 5.32 Å². The van der Waals surface area contributed by atoms with Gasteiger partial charge in [0.05, 0.1) is 17.9 Å². The highest BCUT2D eigenvalue weighted by Crippen LogP contribution is 2.29. The highest BCUT2D eigenvalue weighted by atomic mass is 19.4. The number of fused-ring (bicyclic) bond motifs is 1. The van der Waals surface area contributed by atoms with Crippen LogP contribution in [0, 0.1) is 0 Å². The standard InChI is InChI=1S/C18H19F3N4O/c19-18(20,21)26-16-8-4-3-7-15(16)25-17(22)23-11-13-10-9-12-5-1-2-6-14(12)24-13/h3-4,7-10H,1-2,5-6,11H2,(H3,22,23,25). The summed E-state index contributed by atoms with van der Waals surface area (Å²) in [5.74, 6) is -0.382. The van der Waals surface area contributed by atoms with Gasteiger partial charge >= 0.3 is 6.36 Å². The van der Waals surface area contributed by atoms with E-state index in [0.717, 1.165) is 30.7 Å². The van der Waals surface area contributed by atoms with Gasteiger partial charge in [-0.25, -0.2) is 4.99 Å². The van der Waals surface area contributed by atoms with Gasteiger partial charge in [0.15, 0.2) is 11.7 Å². The van der Waals surface area contributed by atoms with E-state index in [1.165, 1.54) is 30.2 Å². The van der Waals surface area contributed by atoms with Gasteiger partial charge in [-0.05, 0) is 49.4 Å². The Balaban J connectivity index is 1.68. The highest BCUT2D eigenvalue weighted by molar-refractivity contribution is 5.93. The molecule has 3 rings (SSSR count). The lowest BCUT2D eigenvalue weighted by Gasteiger charge is -2.15. The molecule has 0 amide bonds. The second-order valence-electron chi connectivity index (χ2n) is 5.99. The quantitative estimate of drug-likeness (QED) is 0.640. The molecular weight excluding hydrogens is 345 g/mol. The first-order chi connectivity index (χ1) is 12.4. The molecule has 1 aliphatic carbocycles. The van der Waals surface area contributed by atoms with E-state index in [4.69, 9.17) is 5.73 Å². The topological polar surface area (TPSA) is 72.5 Å². The lowest BCUT2D eigenvalue weighted by atomic mass is 9.96. The van der Waals surface area contributed by atoms with Crippen LogP contribution in [-0.2, 0) is 19.4 Å². The van der Waals surface area contributed by atoms with Gasteiger partial charge in [0.1, 0.15) is 0 Å². The van der Waals surface area contributed by atoms with Crippen molar-refractivity contribution in [3.63, 3.8) is 0 Å². The second kappa shape index (κ2) is 7.63. The van der Waals surface area contributed by atoms with Crippen LogP contribution in [0.15, 0.2) is 41.4 Å². The number of benzene rings is 1. The van der Waals surface area contributed by atoms with Crippen LogP contribution < -0.4 is 15.8 Å². The molecule has 1 aromatic heterocycles. The van der Waals surface area contributed by atoms with E-state index in [0.29, 0.717) is 0 Å². The minimum absolute atomic E-state index is 0.0113. The number of alkyl halides is 3. The molecular formula is C18H19F3N4O. The summed E-state index contributed by atoms with van der Waals surface area (Å²) in [6.07, 6.45) is -0.458. The SMILES string of the molecule is NC(=NCc1ccc2c(n1)CCCC2)Nc1ccccc1OC(F)(F)F. The van der Waals surface area contributed by atoms with Gasteiger partial charge in [-0.3, -0.25) is 4.98 Å². The number of nitrogens with zero attached hydrogens (tertiary/aromatic N) is 2. The molecule has 0 atom stereocenters. The number of aliphatic imine (C=N–C) groups is 1. The summed E-state index contributed by atoms with van der Waals surface area (Å²) < 4.78 is 41.3. The number of guanidine groups is 1. The molecule has 0 aliphatic heterocycles. The number of aryl methyl sites for hydroxylation is 2. The van der Waals surface area contributed by atoms with Crippen LogP contribution in [0.3, 0.4) is 0 Å². The number of para-hydroxylation sites is 2. The van der Waals surface area contributed by atoms with Crippen LogP contribution in [-0.4, -0.2) is 17.3 Å². The Bertz CT molecular complexity index is 805. The molecule has 1 aliphatic rings. The maximum atomic E-state index is 12.4. The Morgan fingerprint density at radius 3 is 2.73 bits per heavy atom. The van der Waals surface area contributed by atoms with Crippen LogP contribution in [0.4, 0.5) is 18.9 Å². The van der Waals surface area contributed by atoms with Crippen molar-refractivity contribution in [2.24, 2.45) is 10.7 Å². The van der Waals surface area contributed by atoms with Crippen molar-refractivity contribution >= 4 is 11.6 Å². The number of nitrogens with one attached hydrogen (secondary N) is 1. The van der Waals surface area contributed by atoms with E-state index in [9.17, 15) is 13.2 Å². The summed E-state index contributed by atoms with van der Waals surface area (Å²) in [5.41, 5.74) is 9.03. The Morgan fingerprint density at radius 1 is 1.15 bits per heavy atom. The van der Waals surface area contributed by atoms with Crippen LogP contribution in [0.1, 0.15) is 29.8 Å². The number of pyridine rings is 1. The van der Waals surface area contributed by atoms with E-state index >= 15 is 0 Å². The second-order valence-corrected chi connectivity index (χ2v) is 5.99. The summed E-state index contributed by atoms with van der Waals surface area (Å²) in [6, 6.07) is 9.61. The predicted molar refractivity (Wildman–Crippen MR) is 93.0 cm³/mol. The molecule has 0 saturated heterocycles. The Morgan fingerprint density at radius 2 is 1.92 bits per heavy atom. The Hall–Kier alpha value is -2.77. The van der Waals surface area contributed by atoms with Gasteiger partial charge < -0.3 is 15.8 Å². The van der Waals surface area contributed by atoms with Crippen molar-refractivity contribution in [1.82, 2.24) is 4.98 Å². The minimum atomic E-state index is -4.78. The molecule has 5 nitrogen and oxygen atoms in total. The summed E-state index contributed by atoms with van der Waals surface area (Å²) in [4.78, 5) is 8.75. The molecule has 0 fully saturated rings. The van der Waals surface area contributed by atoms with E-state index in [1.807, 2.05) is 6.07 Å². The van der Waals surface area contributed by atoms with Crippen LogP contribution >= 0.6 is 0 Å². The third kappa shape index (κ3) is 4.87. The number of hydrogen-bond donors (Lipinski definition) is 2. The number of halogens is 3. The number of nitrogens with two attached hydrogens (primary N) is 1. The maximum absolute atomic E-state index is 12.4. The zero-order valence-corrected chi connectivity index (χ0v) is 14.0. The fourth-order valence-corrected chi connectivity index (χ4v) is 2.84. The lowest BCUT2D eigenvalue weighted by Crippen LogP contribution is -2.24. The summed E-state index contributed by atoms with van der Waals surface area (Å²) in [5, 5.41) is 2.64. The number of anilines is 1. The molecule has 138 valence electrons. The molecule has 0 saturated carbocycles. The molecule has 0 bridgehead atoms. The third-order valence-corrected chi connectivity index (χ3v) is 4.02. The van der Waals surface area contributed by atoms with Crippen molar-refractivity contribution in [1.29, 1.82) is 0 Å². The zero-order valence-electron chi connectivity index (χ0n) is 14.0. The number of hydrogen-bond acceptors (Lipinski definition) is 3. The maximum Gasteiger partial charge on any atom is 0.573 e. The molecule has 1 heterocycles. The largest absolute Gasteiger partial charge is 0.573 e. The number of aromatic nitrogens is 1. The fraction of sp³-hybridized carbons (Fsp3) is 0.333. The summed E-state index contributed by atoms with van der Waals surface area (Å²) >= 11 is 0. The van der Waals surface area contributed by atoms with E-state index in [2.05, 4.69) is 26.1 Å². The van der Waals surface area contributed by atoms with Gasteiger partial charge in [0.2, 0.25) is 0 Å². The van der Waals surface area contributed by atoms with Crippen LogP contribution in [0.2, 0.25) is 0 Å². The minimum Gasteiger partial charge on any atom is -0.404 e. The number of ether oxygens (including phenoxy) is 1. The molecule has 8 heteroatoms. The first-order valence-electron chi connectivity index (χ1n) is 8.30. The van der Waals surface area contributed by atoms with Gasteiger partial charge in [0.25, 0.3) is 0 Å². The van der Waals surface area contributed by atoms with Gasteiger partial charge in [-0.1, -0.05) is 18.2 Å². The van der Waals surface area contributed by atoms with Gasteiger partial charge in [0, 0.05) is 5.69 Å². The molecule has 3 N–H and O–H groups in total. The predicted octanol–water partition coefficient (Wildman–Crippen LogP) is 3.79. The average molecular weight is 364 g/mol. The third-order valence-electron chi connectivity index (χ3n) is 4.02. The fourth-order valence-electron chi connectivity index (χ4n) is 2.84. The normalized spacial score (nSPS) is 14.7. The zero-order chi connectivity index (χ0) is 18.6. The van der Waals surface area contributed by atoms with Crippen molar-refractivity contribution < 1.29 is 17.9 Å². The van der Waals surface area contributed by atoms with Crippen molar-refractivity contribution in [3.05, 3.63) is 53.3 Å². The monoisotopic (exact) mass is 364 g/mol. The molecule has 0 radical (unpaired) electrons. The Kier molecular flexibility index (Phi) is 5.29. The first-order valence-corrected chi connectivity index (χ1v) is 8.30.